The van der Waals surface area contributed by atoms with Gasteiger partial charge in [0.2, 0.25) is 5.43 Å². The van der Waals surface area contributed by atoms with E-state index in [0.717, 1.165) is 10.9 Å². The number of phenolic OH excluding ortho intramolecular Hbond substituents is 2. The highest BCUT2D eigenvalue weighted by atomic mass is 16.5. The van der Waals surface area contributed by atoms with Crippen molar-refractivity contribution in [2.45, 2.75) is 19.3 Å². The Bertz CT molecular complexity index is 1780. The second-order valence-electron chi connectivity index (χ2n) is 8.88. The molecular weight excluding hydrogens is 474 g/mol. The number of aromatic amines is 1. The summed E-state index contributed by atoms with van der Waals surface area (Å²) in [7, 11) is 1.24. The molecule has 0 bridgehead atoms. The first kappa shape index (κ1) is 23.9. The minimum Gasteiger partial charge on any atom is -0.508 e. The van der Waals surface area contributed by atoms with Gasteiger partial charge in [-0.2, -0.15) is 0 Å². The van der Waals surface area contributed by atoms with Crippen molar-refractivity contribution < 1.29 is 24.2 Å². The topological polar surface area (TPSA) is 130 Å². The van der Waals surface area contributed by atoms with Crippen molar-refractivity contribution in [3.8, 4) is 22.6 Å². The van der Waals surface area contributed by atoms with Crippen molar-refractivity contribution in [3.63, 3.8) is 0 Å². The number of pyridine rings is 1. The number of aromatic nitrogens is 1. The second kappa shape index (κ2) is 9.31. The SMILES string of the molecule is COC(=O)C[C@@H](c1cc2cc(C)ccc2[nH]c1=O)c1c(O)ccc2c(=O)c(-c3ccc(O)cc3)coc12. The number of hydrogen-bond acceptors (Lipinski definition) is 7. The summed E-state index contributed by atoms with van der Waals surface area (Å²) in [5, 5.41) is 21.4. The number of carbonyl (C=O) groups is 1. The summed E-state index contributed by atoms with van der Waals surface area (Å²) in [6.45, 7) is 1.92. The molecule has 0 aliphatic rings. The lowest BCUT2D eigenvalue weighted by Gasteiger charge is -2.19. The standard InChI is InChI=1S/C29H23NO7/c1-15-3-9-23-17(11-15)12-21(29(35)30-23)20(13-25(33)36-2)26-24(32)10-8-19-27(34)22(14-37-28(19)26)16-4-6-18(31)7-5-16/h3-12,14,20,31-32H,13H2,1-2H3,(H,30,35)/t20-/m0/s1. The summed E-state index contributed by atoms with van der Waals surface area (Å²) < 4.78 is 10.8. The molecule has 0 saturated heterocycles. The zero-order valence-corrected chi connectivity index (χ0v) is 20.1. The largest absolute Gasteiger partial charge is 0.508 e. The van der Waals surface area contributed by atoms with Crippen molar-refractivity contribution in [2.75, 3.05) is 7.11 Å². The monoisotopic (exact) mass is 497 g/mol. The van der Waals surface area contributed by atoms with E-state index in [9.17, 15) is 24.6 Å². The van der Waals surface area contributed by atoms with Crippen LogP contribution >= 0.6 is 0 Å². The Kier molecular flexibility index (Phi) is 6.01. The van der Waals surface area contributed by atoms with Crippen LogP contribution in [0.5, 0.6) is 11.5 Å². The lowest BCUT2D eigenvalue weighted by Crippen LogP contribution is -2.20. The van der Waals surface area contributed by atoms with Gasteiger partial charge in [-0.1, -0.05) is 23.8 Å². The number of methoxy groups -OCH3 is 1. The lowest BCUT2D eigenvalue weighted by atomic mass is 9.86. The maximum Gasteiger partial charge on any atom is 0.306 e. The number of aryl methyl sites for hydroxylation is 1. The molecule has 37 heavy (non-hydrogen) atoms. The molecule has 8 heteroatoms. The van der Waals surface area contributed by atoms with Gasteiger partial charge in [-0.25, -0.2) is 0 Å². The molecule has 0 saturated carbocycles. The minimum atomic E-state index is -0.965. The van der Waals surface area contributed by atoms with Gasteiger partial charge >= 0.3 is 5.97 Å². The second-order valence-corrected chi connectivity index (χ2v) is 8.88. The molecule has 2 aromatic heterocycles. The molecule has 0 radical (unpaired) electrons. The summed E-state index contributed by atoms with van der Waals surface area (Å²) in [6.07, 6.45) is 0.996. The summed E-state index contributed by atoms with van der Waals surface area (Å²) >= 11 is 0. The molecule has 3 N–H and O–H groups in total. The van der Waals surface area contributed by atoms with E-state index in [2.05, 4.69) is 4.98 Å². The Morgan fingerprint density at radius 2 is 1.78 bits per heavy atom. The number of benzene rings is 3. The third kappa shape index (κ3) is 4.33. The smallest absolute Gasteiger partial charge is 0.306 e. The number of carbonyl (C=O) groups excluding carboxylic acids is 1. The van der Waals surface area contributed by atoms with E-state index in [-0.39, 0.29) is 51.0 Å². The van der Waals surface area contributed by atoms with E-state index in [0.29, 0.717) is 11.1 Å². The van der Waals surface area contributed by atoms with Crippen molar-refractivity contribution in [1.29, 1.82) is 0 Å². The van der Waals surface area contributed by atoms with E-state index in [1.54, 1.807) is 24.3 Å². The maximum atomic E-state index is 13.4. The van der Waals surface area contributed by atoms with E-state index < -0.39 is 17.4 Å². The molecule has 0 amide bonds. The Labute approximate surface area is 210 Å². The number of aromatic hydroxyl groups is 2. The first-order chi connectivity index (χ1) is 17.8. The molecule has 5 rings (SSSR count). The van der Waals surface area contributed by atoms with Crippen molar-refractivity contribution in [2.24, 2.45) is 0 Å². The molecule has 0 spiro atoms. The third-order valence-electron chi connectivity index (χ3n) is 6.49. The number of phenols is 2. The number of ether oxygens (including phenoxy) is 1. The summed E-state index contributed by atoms with van der Waals surface area (Å²) in [4.78, 5) is 41.9. The first-order valence-corrected chi connectivity index (χ1v) is 11.5. The van der Waals surface area contributed by atoms with Crippen LogP contribution in [0.3, 0.4) is 0 Å². The summed E-state index contributed by atoms with van der Waals surface area (Å²) in [5.41, 5.74) is 2.01. The molecule has 5 aromatic rings. The van der Waals surface area contributed by atoms with Crippen LogP contribution in [0.4, 0.5) is 0 Å². The first-order valence-electron chi connectivity index (χ1n) is 11.5. The zero-order valence-electron chi connectivity index (χ0n) is 20.1. The Morgan fingerprint density at radius 1 is 1.03 bits per heavy atom. The fourth-order valence-corrected chi connectivity index (χ4v) is 4.61. The van der Waals surface area contributed by atoms with Gasteiger partial charge in [0.25, 0.3) is 5.56 Å². The van der Waals surface area contributed by atoms with Crippen LogP contribution in [-0.2, 0) is 9.53 Å². The third-order valence-corrected chi connectivity index (χ3v) is 6.49. The predicted molar refractivity (Wildman–Crippen MR) is 139 cm³/mol. The highest BCUT2D eigenvalue weighted by Crippen LogP contribution is 2.39. The fourth-order valence-electron chi connectivity index (χ4n) is 4.61. The van der Waals surface area contributed by atoms with E-state index >= 15 is 0 Å². The average molecular weight is 498 g/mol. The number of fused-ring (bicyclic) bond motifs is 2. The molecule has 0 unspecified atom stereocenters. The Hall–Kier alpha value is -4.85. The van der Waals surface area contributed by atoms with Crippen molar-refractivity contribution in [3.05, 3.63) is 104 Å². The van der Waals surface area contributed by atoms with Gasteiger partial charge in [-0.3, -0.25) is 14.4 Å². The molecule has 1 atom stereocenters. The van der Waals surface area contributed by atoms with E-state index in [1.807, 2.05) is 19.1 Å². The lowest BCUT2D eigenvalue weighted by molar-refractivity contribution is -0.140. The highest BCUT2D eigenvalue weighted by molar-refractivity contribution is 5.88. The normalized spacial score (nSPS) is 12.1. The molecule has 0 aliphatic carbocycles. The predicted octanol–water partition coefficient (Wildman–Crippen LogP) is 4.72. The van der Waals surface area contributed by atoms with Crippen LogP contribution in [0.2, 0.25) is 0 Å². The molecule has 3 aromatic carbocycles. The van der Waals surface area contributed by atoms with Crippen LogP contribution in [-0.4, -0.2) is 28.3 Å². The molecule has 8 nitrogen and oxygen atoms in total. The molecule has 186 valence electrons. The molecule has 0 aliphatic heterocycles. The van der Waals surface area contributed by atoms with Gasteiger partial charge in [0.05, 0.1) is 24.5 Å². The van der Waals surface area contributed by atoms with E-state index in [4.69, 9.17) is 9.15 Å². The van der Waals surface area contributed by atoms with Gasteiger partial charge in [0, 0.05) is 22.6 Å². The van der Waals surface area contributed by atoms with Gasteiger partial charge in [-0.15, -0.1) is 0 Å². The maximum absolute atomic E-state index is 13.4. The molecule has 2 heterocycles. The van der Waals surface area contributed by atoms with Gasteiger partial charge < -0.3 is 24.4 Å². The van der Waals surface area contributed by atoms with Gasteiger partial charge in [0.1, 0.15) is 23.3 Å². The van der Waals surface area contributed by atoms with Crippen LogP contribution in [0.1, 0.15) is 29.0 Å². The van der Waals surface area contributed by atoms with Gasteiger partial charge in [0.15, 0.2) is 0 Å². The minimum absolute atomic E-state index is 0.0580. The van der Waals surface area contributed by atoms with Crippen LogP contribution in [0.15, 0.2) is 80.9 Å². The number of nitrogens with one attached hydrogen (secondary N) is 1. The summed E-state index contributed by atoms with van der Waals surface area (Å²) in [5.74, 6) is -1.74. The molecule has 0 fully saturated rings. The average Bonchev–Trinajstić information content (AvgIpc) is 2.88. The van der Waals surface area contributed by atoms with E-state index in [1.165, 1.54) is 37.6 Å². The number of rotatable bonds is 5. The van der Waals surface area contributed by atoms with Crippen LogP contribution in [0.25, 0.3) is 33.0 Å². The van der Waals surface area contributed by atoms with Crippen LogP contribution in [0, 0.1) is 6.92 Å². The van der Waals surface area contributed by atoms with Gasteiger partial charge in [-0.05, 0) is 60.3 Å². The highest BCUT2D eigenvalue weighted by Gasteiger charge is 2.29. The summed E-state index contributed by atoms with van der Waals surface area (Å²) in [6, 6.07) is 16.1. The van der Waals surface area contributed by atoms with Crippen molar-refractivity contribution in [1.82, 2.24) is 4.98 Å². The zero-order chi connectivity index (χ0) is 26.3. The Morgan fingerprint density at radius 3 is 2.51 bits per heavy atom. The fraction of sp³-hybridized carbons (Fsp3) is 0.138. The number of hydrogen-bond donors (Lipinski definition) is 3. The van der Waals surface area contributed by atoms with Crippen LogP contribution < -0.4 is 11.0 Å². The van der Waals surface area contributed by atoms with Crippen molar-refractivity contribution >= 4 is 27.8 Å². The Balaban J connectivity index is 1.76. The number of H-pyrrole nitrogens is 1. The number of esters is 1. The quantitative estimate of drug-likeness (QED) is 0.300. The molecular formula is C29H23NO7.